The summed E-state index contributed by atoms with van der Waals surface area (Å²) in [6, 6.07) is 15.5. The van der Waals surface area contributed by atoms with Crippen LogP contribution in [0.25, 0.3) is 0 Å². The molecule has 3 aliphatic rings. The van der Waals surface area contributed by atoms with Crippen molar-refractivity contribution in [1.82, 2.24) is 0 Å². The molecule has 0 aromatic heterocycles. The predicted molar refractivity (Wildman–Crippen MR) is 128 cm³/mol. The van der Waals surface area contributed by atoms with Crippen molar-refractivity contribution in [2.24, 2.45) is 28.9 Å². The first kappa shape index (κ1) is 21.1. The number of fused-ring (bicyclic) bond motifs is 5. The van der Waals surface area contributed by atoms with Gasteiger partial charge in [0.2, 0.25) is 0 Å². The largest absolute Gasteiger partial charge is 0.489 e. The molecule has 2 nitrogen and oxygen atoms in total. The summed E-state index contributed by atoms with van der Waals surface area (Å²) >= 11 is 0. The molecule has 2 heteroatoms. The number of nitrogens with two attached hydrogens (primary N) is 1. The van der Waals surface area contributed by atoms with Gasteiger partial charge in [-0.25, -0.2) is 0 Å². The van der Waals surface area contributed by atoms with Crippen LogP contribution in [0.15, 0.2) is 42.5 Å². The van der Waals surface area contributed by atoms with Crippen LogP contribution >= 0.6 is 0 Å². The third-order valence-electron chi connectivity index (χ3n) is 9.24. The van der Waals surface area contributed by atoms with Crippen LogP contribution < -0.4 is 10.5 Å². The Hall–Kier alpha value is -1.80. The highest BCUT2D eigenvalue weighted by Gasteiger charge is 2.54. The minimum atomic E-state index is 0.532. The molecular formula is C29H39NO. The fourth-order valence-electron chi connectivity index (χ4n) is 7.58. The Kier molecular flexibility index (Phi) is 5.86. The highest BCUT2D eigenvalue weighted by molar-refractivity contribution is 5.46. The normalized spacial score (nSPS) is 31.6. The van der Waals surface area contributed by atoms with Crippen molar-refractivity contribution in [3.05, 3.63) is 64.7 Å². The first-order chi connectivity index (χ1) is 15.1. The number of hydrogen-bond donors (Lipinski definition) is 1. The van der Waals surface area contributed by atoms with Gasteiger partial charge in [0.05, 0.1) is 0 Å². The van der Waals surface area contributed by atoms with E-state index in [1.807, 2.05) is 0 Å². The minimum Gasteiger partial charge on any atom is -0.489 e. The molecule has 0 radical (unpaired) electrons. The van der Waals surface area contributed by atoms with E-state index >= 15 is 0 Å². The van der Waals surface area contributed by atoms with E-state index in [0.29, 0.717) is 12.0 Å². The molecule has 0 bridgehead atoms. The molecule has 31 heavy (non-hydrogen) atoms. The molecule has 3 unspecified atom stereocenters. The van der Waals surface area contributed by atoms with Crippen molar-refractivity contribution in [2.45, 2.75) is 77.7 Å². The lowest BCUT2D eigenvalue weighted by molar-refractivity contribution is 0.0266. The zero-order valence-corrected chi connectivity index (χ0v) is 19.4. The Morgan fingerprint density at radius 1 is 1.06 bits per heavy atom. The fraction of sp³-hybridized carbons (Fsp3) is 0.586. The maximum Gasteiger partial charge on any atom is 0.123 e. The molecule has 2 fully saturated rings. The van der Waals surface area contributed by atoms with Crippen molar-refractivity contribution in [3.8, 4) is 5.75 Å². The average molecular weight is 418 g/mol. The van der Waals surface area contributed by atoms with Crippen molar-refractivity contribution in [3.63, 3.8) is 0 Å². The number of benzene rings is 2. The molecule has 0 amide bonds. The van der Waals surface area contributed by atoms with Crippen molar-refractivity contribution in [2.75, 3.05) is 6.54 Å². The molecule has 0 aliphatic heterocycles. The van der Waals surface area contributed by atoms with Gasteiger partial charge in [-0.3, -0.25) is 0 Å². The summed E-state index contributed by atoms with van der Waals surface area (Å²) in [4.78, 5) is 0. The van der Waals surface area contributed by atoms with Crippen molar-refractivity contribution < 1.29 is 4.74 Å². The van der Waals surface area contributed by atoms with Gasteiger partial charge in [-0.15, -0.1) is 0 Å². The van der Waals surface area contributed by atoms with E-state index in [2.05, 4.69) is 56.3 Å². The van der Waals surface area contributed by atoms with Gasteiger partial charge >= 0.3 is 0 Å². The second-order valence-corrected chi connectivity index (χ2v) is 10.6. The number of aryl methyl sites for hydroxylation is 2. The second kappa shape index (κ2) is 8.62. The molecule has 2 aromatic carbocycles. The van der Waals surface area contributed by atoms with Gasteiger partial charge in [-0.1, -0.05) is 50.2 Å². The highest BCUT2D eigenvalue weighted by Crippen LogP contribution is 2.63. The smallest absolute Gasteiger partial charge is 0.123 e. The Morgan fingerprint density at radius 3 is 2.68 bits per heavy atom. The molecule has 2 N–H and O–H groups in total. The molecule has 0 spiro atoms. The molecule has 0 heterocycles. The standard InChI is InChI=1S/C29H39NO/c1-3-21-17-26-22(18-28(21)31-19-20-7-5-4-6-8-20)9-11-25-24(26)13-15-29(2)23(14-16-30)10-12-27(25)29/h4-8,17-18,23-25,27H,3,9-16,19,30H2,1-2H3/t23-,24?,25?,27?,29-/m1/s1. The number of rotatable bonds is 6. The molecule has 2 aromatic rings. The van der Waals surface area contributed by atoms with Gasteiger partial charge < -0.3 is 10.5 Å². The van der Waals surface area contributed by atoms with E-state index in [4.69, 9.17) is 10.5 Å². The van der Waals surface area contributed by atoms with Crippen LogP contribution in [-0.2, 0) is 19.4 Å². The van der Waals surface area contributed by atoms with Crippen LogP contribution in [0.4, 0.5) is 0 Å². The molecule has 5 rings (SSSR count). The monoisotopic (exact) mass is 417 g/mol. The molecule has 0 saturated heterocycles. The summed E-state index contributed by atoms with van der Waals surface area (Å²) in [5.74, 6) is 4.48. The first-order valence-corrected chi connectivity index (χ1v) is 12.7. The Bertz CT molecular complexity index is 906. The first-order valence-electron chi connectivity index (χ1n) is 12.7. The fourth-order valence-corrected chi connectivity index (χ4v) is 7.58. The lowest BCUT2D eigenvalue weighted by Gasteiger charge is -2.51. The van der Waals surface area contributed by atoms with Crippen LogP contribution in [-0.4, -0.2) is 6.54 Å². The lowest BCUT2D eigenvalue weighted by Crippen LogP contribution is -2.42. The number of ether oxygens (including phenoxy) is 1. The zero-order valence-electron chi connectivity index (χ0n) is 19.4. The summed E-state index contributed by atoms with van der Waals surface area (Å²) in [5.41, 5.74) is 12.3. The Morgan fingerprint density at radius 2 is 1.90 bits per heavy atom. The summed E-state index contributed by atoms with van der Waals surface area (Å²) in [6.45, 7) is 6.38. The predicted octanol–water partition coefficient (Wildman–Crippen LogP) is 6.65. The van der Waals surface area contributed by atoms with Crippen LogP contribution in [0, 0.1) is 23.2 Å². The maximum absolute atomic E-state index is 6.33. The highest BCUT2D eigenvalue weighted by atomic mass is 16.5. The molecular weight excluding hydrogens is 378 g/mol. The van der Waals surface area contributed by atoms with E-state index in [1.54, 1.807) is 11.1 Å². The average Bonchev–Trinajstić information content (AvgIpc) is 3.14. The third-order valence-corrected chi connectivity index (χ3v) is 9.24. The maximum atomic E-state index is 6.33. The van der Waals surface area contributed by atoms with Gasteiger partial charge in [0.1, 0.15) is 12.4 Å². The van der Waals surface area contributed by atoms with Crippen LogP contribution in [0.5, 0.6) is 5.75 Å². The van der Waals surface area contributed by atoms with E-state index in [-0.39, 0.29) is 0 Å². The van der Waals surface area contributed by atoms with Gasteiger partial charge in [-0.2, -0.15) is 0 Å². The van der Waals surface area contributed by atoms with Crippen LogP contribution in [0.3, 0.4) is 0 Å². The van der Waals surface area contributed by atoms with Crippen LogP contribution in [0.2, 0.25) is 0 Å². The summed E-state index contributed by atoms with van der Waals surface area (Å²) in [7, 11) is 0. The van der Waals surface area contributed by atoms with Gasteiger partial charge in [0.25, 0.3) is 0 Å². The van der Waals surface area contributed by atoms with Crippen molar-refractivity contribution in [1.29, 1.82) is 0 Å². The van der Waals surface area contributed by atoms with Gasteiger partial charge in [0, 0.05) is 0 Å². The molecule has 2 saturated carbocycles. The number of hydrogen-bond acceptors (Lipinski definition) is 2. The lowest BCUT2D eigenvalue weighted by atomic mass is 9.54. The summed E-state index contributed by atoms with van der Waals surface area (Å²) in [6.07, 6.45) is 10.4. The minimum absolute atomic E-state index is 0.532. The molecule has 166 valence electrons. The van der Waals surface area contributed by atoms with Gasteiger partial charge in [-0.05, 0) is 115 Å². The van der Waals surface area contributed by atoms with E-state index < -0.39 is 0 Å². The van der Waals surface area contributed by atoms with Crippen molar-refractivity contribution >= 4 is 0 Å². The van der Waals surface area contributed by atoms with Crippen LogP contribution in [0.1, 0.15) is 80.5 Å². The zero-order chi connectivity index (χ0) is 21.4. The van der Waals surface area contributed by atoms with E-state index in [1.165, 1.54) is 56.1 Å². The molecule has 5 atom stereocenters. The summed E-state index contributed by atoms with van der Waals surface area (Å²) < 4.78 is 6.33. The topological polar surface area (TPSA) is 35.2 Å². The Labute approximate surface area is 188 Å². The molecule has 3 aliphatic carbocycles. The van der Waals surface area contributed by atoms with Gasteiger partial charge in [0.15, 0.2) is 0 Å². The van der Waals surface area contributed by atoms with E-state index in [0.717, 1.165) is 42.4 Å². The SMILES string of the molecule is CCc1cc2c(cc1OCc1ccccc1)CCC1C2CC[C@@]2(C)C1CC[C@@H]2CCN. The third kappa shape index (κ3) is 3.71. The summed E-state index contributed by atoms with van der Waals surface area (Å²) in [5, 5.41) is 0. The second-order valence-electron chi connectivity index (χ2n) is 10.6. The Balaban J connectivity index is 1.39. The van der Waals surface area contributed by atoms with E-state index in [9.17, 15) is 0 Å². The quantitative estimate of drug-likeness (QED) is 0.571.